The predicted molar refractivity (Wildman–Crippen MR) is 245 cm³/mol. The molecule has 0 saturated carbocycles. The molecule has 0 N–H and O–H groups in total. The first-order valence-corrected chi connectivity index (χ1v) is 22.6. The number of rotatable bonds is 6. The summed E-state index contributed by atoms with van der Waals surface area (Å²) in [5, 5.41) is 2.74. The van der Waals surface area contributed by atoms with Crippen LogP contribution >= 0.6 is 23.1 Å². The van der Waals surface area contributed by atoms with E-state index in [-0.39, 0.29) is 12.1 Å². The zero-order valence-electron chi connectivity index (χ0n) is 32.3. The molecule has 6 aromatic rings. The Labute approximate surface area is 348 Å². The average Bonchev–Trinajstić information content (AvgIpc) is 3.98. The molecular weight excluding hydrogens is 743 g/mol. The van der Waals surface area contributed by atoms with Crippen LogP contribution in [0, 0.1) is 0 Å². The molecule has 6 aliphatic rings. The second-order valence-corrected chi connectivity index (χ2v) is 18.7. The molecule has 5 unspecified atom stereocenters. The Morgan fingerprint density at radius 1 is 0.707 bits per heavy atom. The fraction of sp³-hybridized carbons (Fsp3) is 0.185. The summed E-state index contributed by atoms with van der Waals surface area (Å²) in [6, 6.07) is 41.0. The van der Waals surface area contributed by atoms with Crippen molar-refractivity contribution in [3.63, 3.8) is 0 Å². The van der Waals surface area contributed by atoms with Gasteiger partial charge in [0.15, 0.2) is 0 Å². The molecule has 5 atom stereocenters. The minimum atomic E-state index is 0.173. The van der Waals surface area contributed by atoms with Crippen LogP contribution in [0.4, 0.5) is 5.69 Å². The summed E-state index contributed by atoms with van der Waals surface area (Å²) in [6.07, 6.45) is 29.6. The first-order chi connectivity index (χ1) is 28.7. The van der Waals surface area contributed by atoms with Crippen molar-refractivity contribution in [2.45, 2.75) is 66.9 Å². The van der Waals surface area contributed by atoms with E-state index in [9.17, 15) is 0 Å². The van der Waals surface area contributed by atoms with Gasteiger partial charge in [-0.25, -0.2) is 0 Å². The molecule has 0 amide bonds. The van der Waals surface area contributed by atoms with Crippen molar-refractivity contribution in [3.05, 3.63) is 208 Å². The van der Waals surface area contributed by atoms with E-state index in [0.29, 0.717) is 17.8 Å². The lowest BCUT2D eigenvalue weighted by atomic mass is 9.83. The minimum absolute atomic E-state index is 0.173. The molecule has 0 fully saturated rings. The smallest absolute Gasteiger partial charge is 0.123 e. The van der Waals surface area contributed by atoms with Gasteiger partial charge in [0.1, 0.15) is 11.9 Å². The third-order valence-electron chi connectivity index (χ3n) is 13.1. The van der Waals surface area contributed by atoms with Crippen molar-refractivity contribution in [3.8, 4) is 16.9 Å². The average molecular weight is 786 g/mol. The molecule has 0 bridgehead atoms. The first kappa shape index (κ1) is 34.5. The molecule has 0 saturated heterocycles. The summed E-state index contributed by atoms with van der Waals surface area (Å²) in [5.41, 5.74) is 12.0. The largest absolute Gasteiger partial charge is 0.489 e. The highest BCUT2D eigenvalue weighted by molar-refractivity contribution is 8.03. The highest BCUT2D eigenvalue weighted by Gasteiger charge is 2.35. The van der Waals surface area contributed by atoms with E-state index >= 15 is 0 Å². The number of thioether (sulfide) groups is 1. The van der Waals surface area contributed by atoms with Crippen LogP contribution in [0.25, 0.3) is 31.3 Å². The van der Waals surface area contributed by atoms with Crippen molar-refractivity contribution < 1.29 is 4.74 Å². The number of hydrogen-bond donors (Lipinski definition) is 0. The van der Waals surface area contributed by atoms with Gasteiger partial charge >= 0.3 is 0 Å². The zero-order chi connectivity index (χ0) is 38.2. The van der Waals surface area contributed by atoms with Gasteiger partial charge in [0.2, 0.25) is 0 Å². The Balaban J connectivity index is 0.906. The molecule has 3 heterocycles. The second kappa shape index (κ2) is 14.1. The maximum absolute atomic E-state index is 6.41. The van der Waals surface area contributed by atoms with Gasteiger partial charge in [-0.1, -0.05) is 139 Å². The lowest BCUT2D eigenvalue weighted by molar-refractivity contribution is 0.204. The number of anilines is 1. The minimum Gasteiger partial charge on any atom is -0.489 e. The van der Waals surface area contributed by atoms with Gasteiger partial charge in [0.25, 0.3) is 0 Å². The first-order valence-electron chi connectivity index (χ1n) is 20.9. The SMILES string of the molecule is C1=CC2c3cc(-c4cccc(N(C5=CCC(c6cccc7c6sc6ccccc67)C=C5)C5C=C(C6=CC=C7Sc8ccccc8C7C6)C=CC5)c4)ccc3OC2CC1. The van der Waals surface area contributed by atoms with Gasteiger partial charge in [0.05, 0.1) is 6.04 Å². The Kier molecular flexibility index (Phi) is 8.37. The molecule has 1 aromatic heterocycles. The number of benzene rings is 5. The van der Waals surface area contributed by atoms with Crippen LogP contribution in [0.2, 0.25) is 0 Å². The zero-order valence-corrected chi connectivity index (χ0v) is 33.9. The molecule has 2 nitrogen and oxygen atoms in total. The highest BCUT2D eigenvalue weighted by atomic mass is 32.2. The van der Waals surface area contributed by atoms with Crippen molar-refractivity contribution in [1.82, 2.24) is 0 Å². The van der Waals surface area contributed by atoms with Crippen molar-refractivity contribution in [1.29, 1.82) is 0 Å². The van der Waals surface area contributed by atoms with Gasteiger partial charge in [-0.2, -0.15) is 0 Å². The lowest BCUT2D eigenvalue weighted by Gasteiger charge is -2.36. The van der Waals surface area contributed by atoms with E-state index in [1.54, 1.807) is 0 Å². The number of ether oxygens (including phenoxy) is 1. The van der Waals surface area contributed by atoms with Gasteiger partial charge < -0.3 is 9.64 Å². The fourth-order valence-electron chi connectivity index (χ4n) is 10.3. The van der Waals surface area contributed by atoms with Crippen LogP contribution in [-0.2, 0) is 0 Å². The third kappa shape index (κ3) is 5.83. The number of hydrogen-bond acceptors (Lipinski definition) is 4. The van der Waals surface area contributed by atoms with Crippen LogP contribution in [0.3, 0.4) is 0 Å². The van der Waals surface area contributed by atoms with Gasteiger partial charge in [-0.15, -0.1) is 11.3 Å². The van der Waals surface area contributed by atoms with E-state index in [2.05, 4.69) is 175 Å². The van der Waals surface area contributed by atoms with E-state index in [4.69, 9.17) is 4.74 Å². The van der Waals surface area contributed by atoms with E-state index in [1.807, 2.05) is 23.1 Å². The maximum atomic E-state index is 6.41. The lowest BCUT2D eigenvalue weighted by Crippen LogP contribution is -2.34. The Hall–Kier alpha value is -5.55. The molecular formula is C54H43NOS2. The third-order valence-corrected chi connectivity index (χ3v) is 15.6. The van der Waals surface area contributed by atoms with Crippen LogP contribution < -0.4 is 9.64 Å². The topological polar surface area (TPSA) is 12.5 Å². The van der Waals surface area contributed by atoms with Gasteiger partial charge in [-0.3, -0.25) is 0 Å². The molecule has 58 heavy (non-hydrogen) atoms. The predicted octanol–water partition coefficient (Wildman–Crippen LogP) is 14.7. The number of nitrogens with zero attached hydrogens (tertiary/aromatic N) is 1. The summed E-state index contributed by atoms with van der Waals surface area (Å²) in [4.78, 5) is 5.50. The van der Waals surface area contributed by atoms with E-state index in [1.165, 1.54) is 80.3 Å². The molecule has 2 aliphatic heterocycles. The summed E-state index contributed by atoms with van der Waals surface area (Å²) >= 11 is 3.88. The maximum Gasteiger partial charge on any atom is 0.123 e. The molecule has 0 radical (unpaired) electrons. The van der Waals surface area contributed by atoms with Crippen molar-refractivity contribution in [2.24, 2.45) is 0 Å². The number of allylic oxidation sites excluding steroid dienone is 10. The Bertz CT molecular complexity index is 2880. The van der Waals surface area contributed by atoms with Crippen LogP contribution in [0.1, 0.15) is 66.5 Å². The molecule has 12 rings (SSSR count). The normalized spacial score (nSPS) is 24.0. The molecule has 4 aliphatic carbocycles. The Morgan fingerprint density at radius 3 is 2.55 bits per heavy atom. The van der Waals surface area contributed by atoms with Crippen LogP contribution in [0.5, 0.6) is 5.75 Å². The van der Waals surface area contributed by atoms with Gasteiger partial charge in [-0.05, 0) is 113 Å². The molecule has 0 spiro atoms. The Morgan fingerprint density at radius 2 is 1.59 bits per heavy atom. The molecule has 282 valence electrons. The number of fused-ring (bicyclic) bond motifs is 9. The monoisotopic (exact) mass is 785 g/mol. The fourth-order valence-corrected chi connectivity index (χ4v) is 12.8. The standard InChI is InChI=1S/C54H43NOS2/c1-4-19-49-43(14-1)47-32-37(24-28-50(47)56-49)35-10-7-12-40(30-35)55(39-26-22-34(23-27-39)42-17-9-18-46-44-15-2-6-21-52(44)58-54(42)46)41-13-8-11-36(31-41)38-25-29-53-48(33-38)45-16-3-5-20-51(45)57-53/h1-3,5-12,14-18,20-22,24-32,34,41,43,48-49H,4,13,19,23,33H2. The quantitative estimate of drug-likeness (QED) is 0.156. The second-order valence-electron chi connectivity index (χ2n) is 16.5. The van der Waals surface area contributed by atoms with Crippen molar-refractivity contribution >= 4 is 49.0 Å². The van der Waals surface area contributed by atoms with Crippen LogP contribution in [0.15, 0.2) is 197 Å². The van der Waals surface area contributed by atoms with E-state index in [0.717, 1.165) is 37.9 Å². The number of thiophene rings is 1. The van der Waals surface area contributed by atoms with Crippen LogP contribution in [-0.4, -0.2) is 12.1 Å². The van der Waals surface area contributed by atoms with Gasteiger partial charge in [0, 0.05) is 59.8 Å². The summed E-state index contributed by atoms with van der Waals surface area (Å²) in [6.45, 7) is 0. The molecule has 4 heteroatoms. The highest BCUT2D eigenvalue weighted by Crippen LogP contribution is 2.53. The van der Waals surface area contributed by atoms with E-state index < -0.39 is 0 Å². The summed E-state index contributed by atoms with van der Waals surface area (Å²) in [5.74, 6) is 2.18. The molecule has 5 aromatic carbocycles. The van der Waals surface area contributed by atoms with Crippen molar-refractivity contribution in [2.75, 3.05) is 4.90 Å². The summed E-state index contributed by atoms with van der Waals surface area (Å²) < 4.78 is 9.19. The summed E-state index contributed by atoms with van der Waals surface area (Å²) in [7, 11) is 0.